The summed E-state index contributed by atoms with van der Waals surface area (Å²) in [5, 5.41) is 4.05. The Bertz CT molecular complexity index is 989. The van der Waals surface area contributed by atoms with E-state index < -0.39 is 0 Å². The summed E-state index contributed by atoms with van der Waals surface area (Å²) < 4.78 is 0. The molecule has 0 saturated heterocycles. The van der Waals surface area contributed by atoms with E-state index in [0.717, 1.165) is 6.42 Å². The molecule has 5 nitrogen and oxygen atoms in total. The van der Waals surface area contributed by atoms with Gasteiger partial charge in [-0.2, -0.15) is 0 Å². The van der Waals surface area contributed by atoms with Crippen molar-refractivity contribution in [2.45, 2.75) is 13.0 Å². The lowest BCUT2D eigenvalue weighted by atomic mass is 10.00. The fraction of sp³-hybridized carbons (Fsp3) is 0.150. The Balaban J connectivity index is 1.53. The molecular weight excluding hydrogens is 383 g/mol. The van der Waals surface area contributed by atoms with Gasteiger partial charge < -0.3 is 10.2 Å². The highest BCUT2D eigenvalue weighted by Gasteiger charge is 2.22. The third-order valence-corrected chi connectivity index (χ3v) is 4.85. The maximum Gasteiger partial charge on any atom is 0.272 e. The van der Waals surface area contributed by atoms with Crippen LogP contribution in [0.1, 0.15) is 21.6 Å². The van der Waals surface area contributed by atoms with E-state index >= 15 is 0 Å². The molecule has 1 aliphatic rings. The minimum Gasteiger partial charge on any atom is -0.333 e. The van der Waals surface area contributed by atoms with Crippen LogP contribution in [-0.4, -0.2) is 27.3 Å². The van der Waals surface area contributed by atoms with E-state index in [1.807, 2.05) is 17.0 Å². The van der Waals surface area contributed by atoms with E-state index in [0.29, 0.717) is 40.5 Å². The number of aromatic nitrogens is 2. The van der Waals surface area contributed by atoms with Crippen molar-refractivity contribution in [2.75, 3.05) is 11.9 Å². The minimum absolute atomic E-state index is 0.112. The number of halogens is 2. The molecule has 0 spiro atoms. The van der Waals surface area contributed by atoms with Crippen LogP contribution in [0.25, 0.3) is 0 Å². The monoisotopic (exact) mass is 398 g/mol. The van der Waals surface area contributed by atoms with Gasteiger partial charge in [0.15, 0.2) is 0 Å². The van der Waals surface area contributed by atoms with Crippen LogP contribution in [0.5, 0.6) is 0 Å². The van der Waals surface area contributed by atoms with Crippen molar-refractivity contribution in [1.29, 1.82) is 0 Å². The number of hydrogen-bond acceptors (Lipinski definition) is 4. The molecule has 4 rings (SSSR count). The molecule has 0 fully saturated rings. The summed E-state index contributed by atoms with van der Waals surface area (Å²) in [5.74, 6) is 0.204. The number of nitrogens with zero attached hydrogens (tertiary/aromatic N) is 3. The molecular formula is C20H16Cl2N4O. The standard InChI is InChI=1S/C20H16Cl2N4O/c21-15-9-16(22)11-17(10-15)24-20-23-7-5-18(25-20)19(27)26-8-6-13-3-1-2-4-14(13)12-26/h1-5,7,9-11H,6,8,12H2,(H,23,24,25). The summed E-state index contributed by atoms with van der Waals surface area (Å²) in [6, 6.07) is 14.9. The molecule has 1 aromatic heterocycles. The zero-order valence-electron chi connectivity index (χ0n) is 14.3. The van der Waals surface area contributed by atoms with Crippen LogP contribution >= 0.6 is 23.2 Å². The highest BCUT2D eigenvalue weighted by molar-refractivity contribution is 6.35. The summed E-state index contributed by atoms with van der Waals surface area (Å²) in [4.78, 5) is 23.2. The summed E-state index contributed by atoms with van der Waals surface area (Å²) >= 11 is 12.0. The number of fused-ring (bicyclic) bond motifs is 1. The zero-order chi connectivity index (χ0) is 18.8. The second-order valence-electron chi connectivity index (χ2n) is 6.29. The van der Waals surface area contributed by atoms with E-state index in [1.165, 1.54) is 11.1 Å². The van der Waals surface area contributed by atoms with Crippen LogP contribution in [-0.2, 0) is 13.0 Å². The first-order valence-corrected chi connectivity index (χ1v) is 9.26. The first kappa shape index (κ1) is 17.8. The highest BCUT2D eigenvalue weighted by atomic mass is 35.5. The molecule has 1 amide bonds. The second-order valence-corrected chi connectivity index (χ2v) is 7.17. The SMILES string of the molecule is O=C(c1ccnc(Nc2cc(Cl)cc(Cl)c2)n1)N1CCc2ccccc2C1. The van der Waals surface area contributed by atoms with Crippen molar-refractivity contribution in [3.63, 3.8) is 0 Å². The number of hydrogen-bond donors (Lipinski definition) is 1. The first-order valence-electron chi connectivity index (χ1n) is 8.51. The molecule has 0 atom stereocenters. The molecule has 27 heavy (non-hydrogen) atoms. The number of amides is 1. The predicted molar refractivity (Wildman–Crippen MR) is 107 cm³/mol. The van der Waals surface area contributed by atoms with Gasteiger partial charge in [-0.05, 0) is 41.8 Å². The van der Waals surface area contributed by atoms with Crippen LogP contribution in [0.15, 0.2) is 54.7 Å². The van der Waals surface area contributed by atoms with Crippen molar-refractivity contribution in [3.8, 4) is 0 Å². The quantitative estimate of drug-likeness (QED) is 0.692. The van der Waals surface area contributed by atoms with Gasteiger partial charge >= 0.3 is 0 Å². The van der Waals surface area contributed by atoms with Crippen molar-refractivity contribution in [1.82, 2.24) is 14.9 Å². The molecule has 0 radical (unpaired) electrons. The predicted octanol–water partition coefficient (Wildman–Crippen LogP) is 4.73. The van der Waals surface area contributed by atoms with Gasteiger partial charge in [0.25, 0.3) is 5.91 Å². The van der Waals surface area contributed by atoms with E-state index in [9.17, 15) is 4.79 Å². The normalized spacial score (nSPS) is 13.2. The van der Waals surface area contributed by atoms with Gasteiger partial charge in [-0.15, -0.1) is 0 Å². The largest absolute Gasteiger partial charge is 0.333 e. The minimum atomic E-state index is -0.112. The fourth-order valence-electron chi connectivity index (χ4n) is 3.12. The van der Waals surface area contributed by atoms with Crippen molar-refractivity contribution >= 4 is 40.7 Å². The van der Waals surface area contributed by atoms with Gasteiger partial charge in [0, 0.05) is 35.0 Å². The summed E-state index contributed by atoms with van der Waals surface area (Å²) in [6.07, 6.45) is 2.41. The average Bonchev–Trinajstić information content (AvgIpc) is 2.66. The topological polar surface area (TPSA) is 58.1 Å². The number of carbonyl (C=O) groups excluding carboxylic acids is 1. The van der Waals surface area contributed by atoms with Crippen LogP contribution in [0.2, 0.25) is 10.0 Å². The fourth-order valence-corrected chi connectivity index (χ4v) is 3.65. The van der Waals surface area contributed by atoms with Gasteiger partial charge in [0.1, 0.15) is 5.69 Å². The lowest BCUT2D eigenvalue weighted by Crippen LogP contribution is -2.36. The molecule has 1 aliphatic heterocycles. The van der Waals surface area contributed by atoms with Crippen molar-refractivity contribution < 1.29 is 4.79 Å². The molecule has 1 N–H and O–H groups in total. The Morgan fingerprint density at radius 1 is 1.04 bits per heavy atom. The van der Waals surface area contributed by atoms with E-state index in [-0.39, 0.29) is 5.91 Å². The first-order chi connectivity index (χ1) is 13.1. The number of benzene rings is 2. The molecule has 136 valence electrons. The van der Waals surface area contributed by atoms with Crippen molar-refractivity contribution in [3.05, 3.63) is 81.6 Å². The van der Waals surface area contributed by atoms with Crippen LogP contribution in [0.3, 0.4) is 0 Å². The number of anilines is 2. The Morgan fingerprint density at radius 3 is 2.56 bits per heavy atom. The highest BCUT2D eigenvalue weighted by Crippen LogP contribution is 2.24. The smallest absolute Gasteiger partial charge is 0.272 e. The number of carbonyl (C=O) groups is 1. The average molecular weight is 399 g/mol. The van der Waals surface area contributed by atoms with Gasteiger partial charge in [-0.1, -0.05) is 47.5 Å². The Hall–Kier alpha value is -2.63. The Kier molecular flexibility index (Phi) is 4.97. The zero-order valence-corrected chi connectivity index (χ0v) is 15.8. The molecule has 2 aromatic carbocycles. The lowest BCUT2D eigenvalue weighted by Gasteiger charge is -2.28. The Morgan fingerprint density at radius 2 is 1.78 bits per heavy atom. The lowest BCUT2D eigenvalue weighted by molar-refractivity contribution is 0.0728. The summed E-state index contributed by atoms with van der Waals surface area (Å²) in [6.45, 7) is 1.26. The van der Waals surface area contributed by atoms with Crippen LogP contribution < -0.4 is 5.32 Å². The maximum atomic E-state index is 12.9. The van der Waals surface area contributed by atoms with E-state index in [4.69, 9.17) is 23.2 Å². The van der Waals surface area contributed by atoms with E-state index in [1.54, 1.807) is 30.5 Å². The van der Waals surface area contributed by atoms with Gasteiger partial charge in [-0.3, -0.25) is 4.79 Å². The third kappa shape index (κ3) is 4.04. The van der Waals surface area contributed by atoms with Crippen LogP contribution in [0.4, 0.5) is 11.6 Å². The maximum absolute atomic E-state index is 12.9. The summed E-state index contributed by atoms with van der Waals surface area (Å²) in [7, 11) is 0. The summed E-state index contributed by atoms with van der Waals surface area (Å²) in [5.41, 5.74) is 3.48. The van der Waals surface area contributed by atoms with Gasteiger partial charge in [-0.25, -0.2) is 9.97 Å². The Labute approximate surface area is 167 Å². The van der Waals surface area contributed by atoms with Gasteiger partial charge in [0.05, 0.1) is 0 Å². The molecule has 0 unspecified atom stereocenters. The molecule has 0 aliphatic carbocycles. The van der Waals surface area contributed by atoms with E-state index in [2.05, 4.69) is 27.4 Å². The molecule has 2 heterocycles. The third-order valence-electron chi connectivity index (χ3n) is 4.41. The molecule has 7 heteroatoms. The van der Waals surface area contributed by atoms with Gasteiger partial charge in [0.2, 0.25) is 5.95 Å². The van der Waals surface area contributed by atoms with Crippen molar-refractivity contribution in [2.24, 2.45) is 0 Å². The number of rotatable bonds is 3. The molecule has 0 saturated carbocycles. The second kappa shape index (κ2) is 7.55. The number of nitrogens with one attached hydrogen (secondary N) is 1. The van der Waals surface area contributed by atoms with Crippen LogP contribution in [0, 0.1) is 0 Å². The molecule has 3 aromatic rings. The molecule has 0 bridgehead atoms.